The van der Waals surface area contributed by atoms with Crippen molar-refractivity contribution in [3.63, 3.8) is 0 Å². The van der Waals surface area contributed by atoms with E-state index in [9.17, 15) is 0 Å². The molecule has 2 rings (SSSR count). The summed E-state index contributed by atoms with van der Waals surface area (Å²) in [6, 6.07) is 10.5. The lowest BCUT2D eigenvalue weighted by molar-refractivity contribution is 0.548. The van der Waals surface area contributed by atoms with Crippen molar-refractivity contribution in [3.05, 3.63) is 35.9 Å². The van der Waals surface area contributed by atoms with Crippen LogP contribution in [0.5, 0.6) is 0 Å². The zero-order chi connectivity index (χ0) is 12.5. The van der Waals surface area contributed by atoms with Crippen molar-refractivity contribution in [2.75, 3.05) is 20.1 Å². The summed E-state index contributed by atoms with van der Waals surface area (Å²) in [6.07, 6.45) is 3.61. The van der Waals surface area contributed by atoms with Crippen LogP contribution in [0.15, 0.2) is 35.3 Å². The molecule has 1 heterocycles. The Bertz CT molecular complexity index is 328. The third kappa shape index (κ3) is 5.03. The summed E-state index contributed by atoms with van der Waals surface area (Å²) < 4.78 is 0. The first-order valence-electron chi connectivity index (χ1n) is 6.56. The predicted molar refractivity (Wildman–Crippen MR) is 75.7 cm³/mol. The molecule has 0 unspecified atom stereocenters. The van der Waals surface area contributed by atoms with Crippen molar-refractivity contribution < 1.29 is 0 Å². The zero-order valence-corrected chi connectivity index (χ0v) is 11.3. The highest BCUT2D eigenvalue weighted by Crippen LogP contribution is 2.06. The summed E-state index contributed by atoms with van der Waals surface area (Å²) in [5, 5.41) is 0. The highest BCUT2D eigenvalue weighted by molar-refractivity contribution is 5.85. The molecule has 0 aliphatic carbocycles. The van der Waals surface area contributed by atoms with E-state index in [4.69, 9.17) is 0 Å². The molecule has 0 fully saturated rings. The smallest absolute Gasteiger partial charge is 0.103 e. The summed E-state index contributed by atoms with van der Waals surface area (Å²) in [4.78, 5) is 6.68. The van der Waals surface area contributed by atoms with E-state index >= 15 is 0 Å². The number of benzene rings is 1. The molecule has 17 heavy (non-hydrogen) atoms. The largest absolute Gasteiger partial charge is 0.361 e. The first-order chi connectivity index (χ1) is 8.27. The van der Waals surface area contributed by atoms with Crippen molar-refractivity contribution in [1.29, 1.82) is 0 Å². The van der Waals surface area contributed by atoms with Gasteiger partial charge in [-0.15, -0.1) is 0 Å². The number of likely N-dealkylation sites (N-methyl/N-ethyl adjacent to an activating group) is 1. The Morgan fingerprint density at radius 1 is 1.12 bits per heavy atom. The second kappa shape index (κ2) is 7.88. The molecule has 0 N–H and O–H groups in total. The highest BCUT2D eigenvalue weighted by Gasteiger charge is 2.11. The van der Waals surface area contributed by atoms with Crippen LogP contribution in [0.2, 0.25) is 0 Å². The van der Waals surface area contributed by atoms with E-state index in [1.165, 1.54) is 24.2 Å². The van der Waals surface area contributed by atoms with Crippen molar-refractivity contribution in [1.82, 2.24) is 4.90 Å². The van der Waals surface area contributed by atoms with E-state index in [0.29, 0.717) is 0 Å². The van der Waals surface area contributed by atoms with Gasteiger partial charge < -0.3 is 4.90 Å². The molecule has 0 atom stereocenters. The second-order valence-electron chi connectivity index (χ2n) is 4.38. The van der Waals surface area contributed by atoms with Gasteiger partial charge >= 0.3 is 0 Å². The molecule has 1 aromatic rings. The first-order valence-corrected chi connectivity index (χ1v) is 6.56. The fourth-order valence-corrected chi connectivity index (χ4v) is 1.55. The van der Waals surface area contributed by atoms with Crippen molar-refractivity contribution in [2.45, 2.75) is 33.1 Å². The number of unbranched alkanes of at least 4 members (excludes halogenated alkanes) is 1. The molecule has 0 saturated carbocycles. The van der Waals surface area contributed by atoms with Crippen molar-refractivity contribution in [3.8, 4) is 0 Å². The molecule has 0 radical (unpaired) electrons. The number of aliphatic imine (C=N–C) groups is 1. The van der Waals surface area contributed by atoms with Gasteiger partial charge in [0.1, 0.15) is 5.84 Å². The normalized spacial score (nSPS) is 14.1. The molecule has 94 valence electrons. The van der Waals surface area contributed by atoms with Crippen LogP contribution in [0.25, 0.3) is 0 Å². The molecule has 0 spiro atoms. The molecule has 0 saturated heterocycles. The molecular weight excluding hydrogens is 208 g/mol. The summed E-state index contributed by atoms with van der Waals surface area (Å²) in [5.41, 5.74) is 1.34. The van der Waals surface area contributed by atoms with Crippen LogP contribution in [-0.2, 0) is 6.42 Å². The molecule has 0 bridgehead atoms. The molecule has 1 aliphatic rings. The minimum atomic E-state index is 0.957. The predicted octanol–water partition coefficient (Wildman–Crippen LogP) is 3.38. The van der Waals surface area contributed by atoms with Crippen molar-refractivity contribution >= 4 is 5.84 Å². The maximum atomic E-state index is 4.45. The third-order valence-electron chi connectivity index (χ3n) is 2.88. The van der Waals surface area contributed by atoms with E-state index < -0.39 is 0 Å². The molecular formula is C15H24N2. The summed E-state index contributed by atoms with van der Waals surface area (Å²) in [5.74, 6) is 1.21. The number of nitrogens with zero attached hydrogens (tertiary/aromatic N) is 2. The molecule has 0 amide bonds. The van der Waals surface area contributed by atoms with Gasteiger partial charge in [0, 0.05) is 20.0 Å². The zero-order valence-electron chi connectivity index (χ0n) is 11.3. The Hall–Kier alpha value is -1.31. The lowest BCUT2D eigenvalue weighted by Crippen LogP contribution is -2.24. The van der Waals surface area contributed by atoms with Crippen LogP contribution in [0.3, 0.4) is 0 Å². The summed E-state index contributed by atoms with van der Waals surface area (Å²) in [7, 11) is 2.11. The van der Waals surface area contributed by atoms with Gasteiger partial charge in [0.15, 0.2) is 0 Å². The molecule has 0 aromatic heterocycles. The van der Waals surface area contributed by atoms with Gasteiger partial charge in [-0.3, -0.25) is 4.99 Å². The summed E-state index contributed by atoms with van der Waals surface area (Å²) >= 11 is 0. The maximum absolute atomic E-state index is 4.45. The van der Waals surface area contributed by atoms with Gasteiger partial charge in [0.2, 0.25) is 0 Å². The quantitative estimate of drug-likeness (QED) is 0.780. The van der Waals surface area contributed by atoms with Crippen LogP contribution in [0.4, 0.5) is 0 Å². The topological polar surface area (TPSA) is 15.6 Å². The SMILES string of the molecule is CCCC.CN1CCN=C1Cc1ccccc1. The minimum Gasteiger partial charge on any atom is -0.361 e. The number of amidine groups is 1. The van der Waals surface area contributed by atoms with Gasteiger partial charge in [-0.05, 0) is 5.56 Å². The van der Waals surface area contributed by atoms with Gasteiger partial charge in [-0.2, -0.15) is 0 Å². The van der Waals surface area contributed by atoms with Crippen LogP contribution >= 0.6 is 0 Å². The molecule has 1 aliphatic heterocycles. The standard InChI is InChI=1S/C11H14N2.C4H10/c1-13-8-7-12-11(13)9-10-5-3-2-4-6-10;1-3-4-2/h2-6H,7-9H2,1H3;3-4H2,1-2H3. The number of rotatable bonds is 3. The Morgan fingerprint density at radius 3 is 2.24 bits per heavy atom. The lowest BCUT2D eigenvalue weighted by Gasteiger charge is -2.13. The van der Waals surface area contributed by atoms with Gasteiger partial charge in [0.25, 0.3) is 0 Å². The van der Waals surface area contributed by atoms with E-state index in [1.807, 2.05) is 6.07 Å². The Labute approximate surface area is 105 Å². The third-order valence-corrected chi connectivity index (χ3v) is 2.88. The second-order valence-corrected chi connectivity index (χ2v) is 4.38. The van der Waals surface area contributed by atoms with E-state index in [2.05, 4.69) is 55.1 Å². The van der Waals surface area contributed by atoms with Gasteiger partial charge in [0.05, 0.1) is 6.54 Å². The van der Waals surface area contributed by atoms with Crippen LogP contribution in [0.1, 0.15) is 32.3 Å². The number of hydrogen-bond donors (Lipinski definition) is 0. The first kappa shape index (κ1) is 13.8. The van der Waals surface area contributed by atoms with E-state index in [1.54, 1.807) is 0 Å². The number of hydrogen-bond acceptors (Lipinski definition) is 2. The van der Waals surface area contributed by atoms with Gasteiger partial charge in [-0.1, -0.05) is 57.0 Å². The maximum Gasteiger partial charge on any atom is 0.103 e. The fraction of sp³-hybridized carbons (Fsp3) is 0.533. The van der Waals surface area contributed by atoms with Crippen LogP contribution in [0, 0.1) is 0 Å². The lowest BCUT2D eigenvalue weighted by atomic mass is 10.1. The minimum absolute atomic E-state index is 0.957. The summed E-state index contributed by atoms with van der Waals surface area (Å²) in [6.45, 7) is 6.39. The Balaban J connectivity index is 0.000000317. The molecule has 1 aromatic carbocycles. The van der Waals surface area contributed by atoms with Crippen LogP contribution < -0.4 is 0 Å². The monoisotopic (exact) mass is 232 g/mol. The average molecular weight is 232 g/mol. The molecule has 2 heteroatoms. The van der Waals surface area contributed by atoms with Gasteiger partial charge in [-0.25, -0.2) is 0 Å². The van der Waals surface area contributed by atoms with Crippen molar-refractivity contribution in [2.24, 2.45) is 4.99 Å². The van der Waals surface area contributed by atoms with E-state index in [0.717, 1.165) is 19.5 Å². The fourth-order valence-electron chi connectivity index (χ4n) is 1.55. The Kier molecular flexibility index (Phi) is 6.38. The average Bonchev–Trinajstić information content (AvgIpc) is 2.77. The Morgan fingerprint density at radius 2 is 1.76 bits per heavy atom. The van der Waals surface area contributed by atoms with E-state index in [-0.39, 0.29) is 0 Å². The van der Waals surface area contributed by atoms with Crippen LogP contribution in [-0.4, -0.2) is 30.9 Å². The molecule has 2 nitrogen and oxygen atoms in total. The highest BCUT2D eigenvalue weighted by atomic mass is 15.2.